The fourth-order valence-corrected chi connectivity index (χ4v) is 5.26. The number of phenolic OH excluding ortho intramolecular Hbond substituents is 2. The van der Waals surface area contributed by atoms with Crippen LogP contribution in [0.3, 0.4) is 0 Å². The second-order valence-electron chi connectivity index (χ2n) is 10.6. The molecule has 0 amide bonds. The molecule has 4 N–H and O–H groups in total. The number of nitrogens with one attached hydrogen (secondary N) is 1. The SMILES string of the molecule is CSc1ccc(CCCOCCCCCCNCC(O)c2cc(O)cc(OC(=O)c3cc4ccccc4cc3O)c2)cc1. The molecule has 0 heterocycles. The lowest BCUT2D eigenvalue weighted by molar-refractivity contribution is 0.0730. The lowest BCUT2D eigenvalue weighted by Gasteiger charge is -2.14. The van der Waals surface area contributed by atoms with Crippen LogP contribution in [-0.4, -0.2) is 53.8 Å². The van der Waals surface area contributed by atoms with E-state index in [9.17, 15) is 20.1 Å². The number of rotatable bonds is 17. The molecule has 1 unspecified atom stereocenters. The number of aryl methyl sites for hydroxylation is 1. The number of hydrogen-bond acceptors (Lipinski definition) is 8. The molecule has 0 fully saturated rings. The Bertz CT molecular complexity index is 1460. The topological polar surface area (TPSA) is 108 Å². The molecule has 0 spiro atoms. The molecule has 4 aromatic rings. The molecule has 0 aliphatic rings. The Morgan fingerprint density at radius 3 is 2.35 bits per heavy atom. The van der Waals surface area contributed by atoms with Gasteiger partial charge in [0.15, 0.2) is 0 Å². The van der Waals surface area contributed by atoms with Gasteiger partial charge in [0, 0.05) is 30.7 Å². The molecule has 8 heteroatoms. The van der Waals surface area contributed by atoms with Crippen LogP contribution in [0.5, 0.6) is 17.2 Å². The van der Waals surface area contributed by atoms with Crippen molar-refractivity contribution >= 4 is 28.5 Å². The van der Waals surface area contributed by atoms with Gasteiger partial charge in [-0.2, -0.15) is 0 Å². The van der Waals surface area contributed by atoms with Crippen molar-refractivity contribution in [3.63, 3.8) is 0 Å². The van der Waals surface area contributed by atoms with Gasteiger partial charge in [-0.15, -0.1) is 11.8 Å². The van der Waals surface area contributed by atoms with E-state index in [1.807, 2.05) is 24.3 Å². The number of esters is 1. The zero-order valence-electron chi connectivity index (χ0n) is 24.6. The molecule has 228 valence electrons. The zero-order chi connectivity index (χ0) is 30.4. The van der Waals surface area contributed by atoms with Crippen LogP contribution in [0.4, 0.5) is 0 Å². The smallest absolute Gasteiger partial charge is 0.347 e. The first-order valence-electron chi connectivity index (χ1n) is 14.8. The highest BCUT2D eigenvalue weighted by Crippen LogP contribution is 2.29. The van der Waals surface area contributed by atoms with E-state index in [2.05, 4.69) is 35.8 Å². The second-order valence-corrected chi connectivity index (χ2v) is 11.4. The van der Waals surface area contributed by atoms with Gasteiger partial charge in [0.05, 0.1) is 6.10 Å². The van der Waals surface area contributed by atoms with Crippen LogP contribution in [0.2, 0.25) is 0 Å². The van der Waals surface area contributed by atoms with Crippen LogP contribution in [0.15, 0.2) is 83.8 Å². The van der Waals surface area contributed by atoms with Gasteiger partial charge in [-0.25, -0.2) is 4.79 Å². The first-order valence-corrected chi connectivity index (χ1v) is 16.0. The van der Waals surface area contributed by atoms with Gasteiger partial charge in [-0.1, -0.05) is 49.2 Å². The maximum Gasteiger partial charge on any atom is 0.347 e. The fourth-order valence-electron chi connectivity index (χ4n) is 4.85. The summed E-state index contributed by atoms with van der Waals surface area (Å²) >= 11 is 1.76. The molecule has 43 heavy (non-hydrogen) atoms. The number of aliphatic hydroxyl groups excluding tert-OH is 1. The van der Waals surface area contributed by atoms with E-state index >= 15 is 0 Å². The van der Waals surface area contributed by atoms with Crippen molar-refractivity contribution in [2.75, 3.05) is 32.6 Å². The summed E-state index contributed by atoms with van der Waals surface area (Å²) in [7, 11) is 0. The van der Waals surface area contributed by atoms with Gasteiger partial charge in [-0.05, 0) is 96.8 Å². The fraction of sp³-hybridized carbons (Fsp3) is 0.343. The minimum absolute atomic E-state index is 0.0187. The maximum absolute atomic E-state index is 12.8. The summed E-state index contributed by atoms with van der Waals surface area (Å²) in [6.45, 7) is 2.62. The standard InChI is InChI=1S/C35H41NO6S/c1-43-31-14-12-25(13-15-31)9-8-18-41-17-7-3-2-6-16-36-24-34(39)28-19-29(37)23-30(20-28)42-35(40)32-21-26-10-4-5-11-27(26)22-33(32)38/h4-5,10-15,19-23,34,36-39H,2-3,6-9,16-18,24H2,1H3. The molecule has 0 saturated heterocycles. The van der Waals surface area contributed by atoms with Crippen LogP contribution in [0.1, 0.15) is 59.7 Å². The maximum atomic E-state index is 12.8. The molecular formula is C35H41NO6S. The quantitative estimate of drug-likeness (QED) is 0.0441. The molecular weight excluding hydrogens is 562 g/mol. The predicted octanol–water partition coefficient (Wildman–Crippen LogP) is 7.02. The van der Waals surface area contributed by atoms with Crippen molar-refractivity contribution in [2.45, 2.75) is 49.5 Å². The Morgan fingerprint density at radius 1 is 0.860 bits per heavy atom. The van der Waals surface area contributed by atoms with Gasteiger partial charge in [-0.3, -0.25) is 0 Å². The minimum atomic E-state index is -0.893. The second kappa shape index (κ2) is 16.9. The number of phenols is 2. The Labute approximate surface area is 257 Å². The number of benzene rings is 4. The van der Waals surface area contributed by atoms with E-state index in [4.69, 9.17) is 9.47 Å². The summed E-state index contributed by atoms with van der Waals surface area (Å²) < 4.78 is 11.2. The van der Waals surface area contributed by atoms with Crippen LogP contribution < -0.4 is 10.1 Å². The third kappa shape index (κ3) is 10.3. The highest BCUT2D eigenvalue weighted by atomic mass is 32.2. The van der Waals surface area contributed by atoms with Gasteiger partial charge in [0.2, 0.25) is 0 Å². The van der Waals surface area contributed by atoms with Crippen LogP contribution in [0.25, 0.3) is 10.8 Å². The van der Waals surface area contributed by atoms with Crippen LogP contribution >= 0.6 is 11.8 Å². The molecule has 7 nitrogen and oxygen atoms in total. The Hall–Kier alpha value is -3.56. The van der Waals surface area contributed by atoms with Gasteiger partial charge < -0.3 is 30.1 Å². The third-order valence-corrected chi connectivity index (χ3v) is 7.98. The molecule has 1 atom stereocenters. The molecule has 0 aliphatic carbocycles. The minimum Gasteiger partial charge on any atom is -0.508 e. The predicted molar refractivity (Wildman–Crippen MR) is 172 cm³/mol. The number of fused-ring (bicyclic) bond motifs is 1. The van der Waals surface area contributed by atoms with Gasteiger partial charge in [0.25, 0.3) is 0 Å². The highest BCUT2D eigenvalue weighted by Gasteiger charge is 2.17. The summed E-state index contributed by atoms with van der Waals surface area (Å²) in [5, 5.41) is 36.0. The number of hydrogen-bond donors (Lipinski definition) is 4. The van der Waals surface area contributed by atoms with E-state index in [1.165, 1.54) is 34.7 Å². The van der Waals surface area contributed by atoms with E-state index < -0.39 is 12.1 Å². The number of carbonyl (C=O) groups is 1. The molecule has 0 aromatic heterocycles. The van der Waals surface area contributed by atoms with Crippen molar-refractivity contribution in [3.05, 3.63) is 95.6 Å². The molecule has 0 aliphatic heterocycles. The summed E-state index contributed by atoms with van der Waals surface area (Å²) in [5.74, 6) is -0.994. The van der Waals surface area contributed by atoms with Gasteiger partial charge >= 0.3 is 5.97 Å². The normalized spacial score (nSPS) is 12.0. The first-order chi connectivity index (χ1) is 20.9. The number of ether oxygens (including phenoxy) is 2. The number of carbonyl (C=O) groups excluding carboxylic acids is 1. The van der Waals surface area contributed by atoms with Crippen LogP contribution in [-0.2, 0) is 11.2 Å². The van der Waals surface area contributed by atoms with Crippen molar-refractivity contribution in [2.24, 2.45) is 0 Å². The molecule has 4 aromatic carbocycles. The third-order valence-electron chi connectivity index (χ3n) is 7.24. The monoisotopic (exact) mass is 603 g/mol. The Kier molecular flexibility index (Phi) is 12.7. The van der Waals surface area contributed by atoms with Crippen molar-refractivity contribution in [1.29, 1.82) is 0 Å². The largest absolute Gasteiger partial charge is 0.508 e. The van der Waals surface area contributed by atoms with Crippen molar-refractivity contribution in [1.82, 2.24) is 5.32 Å². The van der Waals surface area contributed by atoms with E-state index in [0.717, 1.165) is 69.1 Å². The van der Waals surface area contributed by atoms with Crippen LogP contribution in [0, 0.1) is 0 Å². The summed E-state index contributed by atoms with van der Waals surface area (Å²) in [6, 6.07) is 23.4. The summed E-state index contributed by atoms with van der Waals surface area (Å²) in [4.78, 5) is 14.1. The number of aliphatic hydroxyl groups is 1. The number of thioether (sulfide) groups is 1. The van der Waals surface area contributed by atoms with Crippen molar-refractivity contribution < 1.29 is 29.6 Å². The van der Waals surface area contributed by atoms with E-state index in [0.29, 0.717) is 12.1 Å². The molecule has 0 saturated carbocycles. The Balaban J connectivity index is 1.10. The van der Waals surface area contributed by atoms with Crippen molar-refractivity contribution in [3.8, 4) is 17.2 Å². The number of unbranched alkanes of at least 4 members (excludes halogenated alkanes) is 3. The van der Waals surface area contributed by atoms with E-state index in [1.54, 1.807) is 17.8 Å². The number of aromatic hydroxyl groups is 2. The lowest BCUT2D eigenvalue weighted by atomic mass is 10.1. The highest BCUT2D eigenvalue weighted by molar-refractivity contribution is 7.98. The first kappa shape index (κ1) is 32.4. The summed E-state index contributed by atoms with van der Waals surface area (Å²) in [6.07, 6.45) is 7.44. The van der Waals surface area contributed by atoms with E-state index in [-0.39, 0.29) is 22.8 Å². The average molecular weight is 604 g/mol. The summed E-state index contributed by atoms with van der Waals surface area (Å²) in [5.41, 5.74) is 1.79. The molecule has 4 rings (SSSR count). The van der Waals surface area contributed by atoms with Gasteiger partial charge in [0.1, 0.15) is 22.8 Å². The molecule has 0 bridgehead atoms. The Morgan fingerprint density at radius 2 is 1.58 bits per heavy atom. The molecule has 0 radical (unpaired) electrons. The lowest BCUT2D eigenvalue weighted by Crippen LogP contribution is -2.22. The zero-order valence-corrected chi connectivity index (χ0v) is 25.4. The average Bonchev–Trinajstić information content (AvgIpc) is 3.01.